The number of nitrogens with zero attached hydrogens (tertiary/aromatic N) is 1. The Kier molecular flexibility index (Phi) is 6.74. The number of carbonyl (C=O) groups is 1. The Labute approximate surface area is 110 Å². The average Bonchev–Trinajstić information content (AvgIpc) is 2.39. The Bertz CT molecular complexity index is 284. The summed E-state index contributed by atoms with van der Waals surface area (Å²) in [6.45, 7) is 4.74. The van der Waals surface area contributed by atoms with Gasteiger partial charge in [0.2, 0.25) is 5.91 Å². The molecular formula is C14H25N3O. The van der Waals surface area contributed by atoms with E-state index in [-0.39, 0.29) is 11.3 Å². The lowest BCUT2D eigenvalue weighted by Gasteiger charge is -2.36. The first-order chi connectivity index (χ1) is 8.75. The van der Waals surface area contributed by atoms with E-state index in [4.69, 9.17) is 5.26 Å². The van der Waals surface area contributed by atoms with Crippen LogP contribution < -0.4 is 10.6 Å². The molecule has 1 fully saturated rings. The molecule has 1 aliphatic rings. The lowest BCUT2D eigenvalue weighted by molar-refractivity contribution is -0.133. The minimum absolute atomic E-state index is 0.144. The molecule has 0 atom stereocenters. The zero-order valence-corrected chi connectivity index (χ0v) is 11.4. The molecule has 2 N–H and O–H groups in total. The Morgan fingerprint density at radius 3 is 2.72 bits per heavy atom. The van der Waals surface area contributed by atoms with Gasteiger partial charge >= 0.3 is 0 Å². The topological polar surface area (TPSA) is 64.9 Å². The minimum atomic E-state index is -0.144. The molecule has 1 heterocycles. The van der Waals surface area contributed by atoms with Gasteiger partial charge in [0.25, 0.3) is 0 Å². The number of carbonyl (C=O) groups excluding carboxylic acids is 1. The number of amides is 1. The summed E-state index contributed by atoms with van der Waals surface area (Å²) in [4.78, 5) is 12.3. The van der Waals surface area contributed by atoms with Gasteiger partial charge in [-0.25, -0.2) is 0 Å². The maximum Gasteiger partial charge on any atom is 0.226 e. The monoisotopic (exact) mass is 251 g/mol. The van der Waals surface area contributed by atoms with Crippen LogP contribution in [-0.2, 0) is 4.79 Å². The second-order valence-electron chi connectivity index (χ2n) is 5.15. The molecule has 1 rings (SSSR count). The van der Waals surface area contributed by atoms with Crippen molar-refractivity contribution >= 4 is 5.91 Å². The van der Waals surface area contributed by atoms with Crippen LogP contribution in [0.25, 0.3) is 0 Å². The number of nitrogens with one attached hydrogen (secondary N) is 2. The van der Waals surface area contributed by atoms with Crippen molar-refractivity contribution in [2.75, 3.05) is 19.6 Å². The summed E-state index contributed by atoms with van der Waals surface area (Å²) in [5.74, 6) is 0.225. The molecule has 18 heavy (non-hydrogen) atoms. The van der Waals surface area contributed by atoms with Crippen molar-refractivity contribution in [2.45, 2.75) is 51.9 Å². The fraction of sp³-hybridized carbons (Fsp3) is 0.857. The van der Waals surface area contributed by atoms with Crippen LogP contribution in [0, 0.1) is 16.7 Å². The summed E-state index contributed by atoms with van der Waals surface area (Å²) < 4.78 is 0. The largest absolute Gasteiger partial charge is 0.356 e. The summed E-state index contributed by atoms with van der Waals surface area (Å²) in [6, 6.07) is 2.13. The normalized spacial score (nSPS) is 18.0. The van der Waals surface area contributed by atoms with Gasteiger partial charge in [-0.2, -0.15) is 5.26 Å². The Morgan fingerprint density at radius 2 is 2.11 bits per heavy atom. The van der Waals surface area contributed by atoms with Gasteiger partial charge in [0, 0.05) is 13.0 Å². The zero-order valence-electron chi connectivity index (χ0n) is 11.4. The Balaban J connectivity index is 2.37. The van der Waals surface area contributed by atoms with Gasteiger partial charge in [-0.1, -0.05) is 13.3 Å². The van der Waals surface area contributed by atoms with Crippen LogP contribution in [0.1, 0.15) is 51.9 Å². The van der Waals surface area contributed by atoms with Crippen molar-refractivity contribution in [2.24, 2.45) is 5.41 Å². The molecule has 4 heteroatoms. The van der Waals surface area contributed by atoms with E-state index in [1.807, 2.05) is 0 Å². The third-order valence-electron chi connectivity index (χ3n) is 3.77. The van der Waals surface area contributed by atoms with Crippen molar-refractivity contribution in [3.8, 4) is 6.07 Å². The predicted octanol–water partition coefficient (Wildman–Crippen LogP) is 1.97. The zero-order chi connectivity index (χ0) is 13.3. The van der Waals surface area contributed by atoms with Crippen LogP contribution in [0.15, 0.2) is 0 Å². The smallest absolute Gasteiger partial charge is 0.226 e. The molecule has 0 unspecified atom stereocenters. The molecule has 4 nitrogen and oxygen atoms in total. The fourth-order valence-electron chi connectivity index (χ4n) is 2.69. The highest BCUT2D eigenvalue weighted by Gasteiger charge is 2.38. The van der Waals surface area contributed by atoms with E-state index in [9.17, 15) is 4.79 Å². The molecule has 1 aliphatic heterocycles. The van der Waals surface area contributed by atoms with E-state index in [1.54, 1.807) is 0 Å². The van der Waals surface area contributed by atoms with Gasteiger partial charge < -0.3 is 10.6 Å². The van der Waals surface area contributed by atoms with E-state index < -0.39 is 0 Å². The van der Waals surface area contributed by atoms with Crippen molar-refractivity contribution in [1.29, 1.82) is 5.26 Å². The Hall–Kier alpha value is -1.08. The van der Waals surface area contributed by atoms with E-state index in [0.717, 1.165) is 51.6 Å². The maximum atomic E-state index is 12.3. The number of hydrogen-bond acceptors (Lipinski definition) is 3. The quantitative estimate of drug-likeness (QED) is 0.680. The first-order valence-corrected chi connectivity index (χ1v) is 7.11. The van der Waals surface area contributed by atoms with Gasteiger partial charge in [0.15, 0.2) is 0 Å². The summed E-state index contributed by atoms with van der Waals surface area (Å²) in [6.07, 6.45) is 6.30. The number of nitriles is 1. The molecule has 0 aromatic rings. The van der Waals surface area contributed by atoms with E-state index in [1.165, 1.54) is 0 Å². The predicted molar refractivity (Wildman–Crippen MR) is 71.9 cm³/mol. The molecular weight excluding hydrogens is 226 g/mol. The van der Waals surface area contributed by atoms with Gasteiger partial charge in [0.1, 0.15) is 0 Å². The SMILES string of the molecule is CCCC1(C(=O)NCCCCC#N)CCNCC1. The van der Waals surface area contributed by atoms with Crippen LogP contribution in [0.2, 0.25) is 0 Å². The minimum Gasteiger partial charge on any atom is -0.356 e. The molecule has 0 radical (unpaired) electrons. The van der Waals surface area contributed by atoms with Gasteiger partial charge in [0.05, 0.1) is 11.5 Å². The van der Waals surface area contributed by atoms with Gasteiger partial charge in [-0.15, -0.1) is 0 Å². The van der Waals surface area contributed by atoms with Gasteiger partial charge in [-0.3, -0.25) is 4.79 Å². The highest BCUT2D eigenvalue weighted by molar-refractivity contribution is 5.82. The molecule has 0 bridgehead atoms. The average molecular weight is 251 g/mol. The lowest BCUT2D eigenvalue weighted by Crippen LogP contribution is -2.47. The number of piperidine rings is 1. The number of unbranched alkanes of at least 4 members (excludes halogenated alkanes) is 2. The van der Waals surface area contributed by atoms with Crippen LogP contribution in [0.4, 0.5) is 0 Å². The molecule has 0 aromatic carbocycles. The van der Waals surface area contributed by atoms with Crippen molar-refractivity contribution in [3.05, 3.63) is 0 Å². The van der Waals surface area contributed by atoms with Crippen LogP contribution in [-0.4, -0.2) is 25.5 Å². The second kappa shape index (κ2) is 8.10. The first kappa shape index (κ1) is 15.0. The van der Waals surface area contributed by atoms with E-state index >= 15 is 0 Å². The molecule has 0 aliphatic carbocycles. The molecule has 1 saturated heterocycles. The van der Waals surface area contributed by atoms with Crippen molar-refractivity contribution in [3.63, 3.8) is 0 Å². The van der Waals surface area contributed by atoms with Gasteiger partial charge in [-0.05, 0) is 45.2 Å². The van der Waals surface area contributed by atoms with E-state index in [0.29, 0.717) is 13.0 Å². The molecule has 1 amide bonds. The van der Waals surface area contributed by atoms with Crippen molar-refractivity contribution in [1.82, 2.24) is 10.6 Å². The Morgan fingerprint density at radius 1 is 1.39 bits per heavy atom. The standard InChI is InChI=1S/C14H25N3O/c1-2-6-14(7-11-16-12-8-14)13(18)17-10-5-3-4-9-15/h16H,2-8,10-12H2,1H3,(H,17,18). The highest BCUT2D eigenvalue weighted by Crippen LogP contribution is 2.34. The van der Waals surface area contributed by atoms with E-state index in [2.05, 4.69) is 23.6 Å². The van der Waals surface area contributed by atoms with Crippen LogP contribution in [0.5, 0.6) is 0 Å². The third kappa shape index (κ3) is 4.30. The molecule has 0 aromatic heterocycles. The number of rotatable bonds is 7. The molecule has 0 spiro atoms. The first-order valence-electron chi connectivity index (χ1n) is 7.11. The second-order valence-corrected chi connectivity index (χ2v) is 5.15. The summed E-state index contributed by atoms with van der Waals surface area (Å²) in [5, 5.41) is 14.8. The van der Waals surface area contributed by atoms with Crippen LogP contribution >= 0.6 is 0 Å². The summed E-state index contributed by atoms with van der Waals surface area (Å²) in [7, 11) is 0. The molecule has 0 saturated carbocycles. The number of hydrogen-bond donors (Lipinski definition) is 2. The fourth-order valence-corrected chi connectivity index (χ4v) is 2.69. The summed E-state index contributed by atoms with van der Waals surface area (Å²) in [5.41, 5.74) is -0.144. The molecule has 102 valence electrons. The third-order valence-corrected chi connectivity index (χ3v) is 3.77. The van der Waals surface area contributed by atoms with Crippen molar-refractivity contribution < 1.29 is 4.79 Å². The summed E-state index contributed by atoms with van der Waals surface area (Å²) >= 11 is 0. The highest BCUT2D eigenvalue weighted by atomic mass is 16.2. The van der Waals surface area contributed by atoms with Crippen LogP contribution in [0.3, 0.4) is 0 Å². The maximum absolute atomic E-state index is 12.3. The lowest BCUT2D eigenvalue weighted by atomic mass is 9.74.